The Morgan fingerprint density at radius 1 is 1.32 bits per heavy atom. The van der Waals surface area contributed by atoms with Gasteiger partial charge in [-0.1, -0.05) is 17.3 Å². The highest BCUT2D eigenvalue weighted by Gasteiger charge is 2.41. The van der Waals surface area contributed by atoms with Gasteiger partial charge in [-0.05, 0) is 49.8 Å². The predicted molar refractivity (Wildman–Crippen MR) is 69.2 cm³/mol. The van der Waals surface area contributed by atoms with Gasteiger partial charge in [-0.3, -0.25) is 0 Å². The summed E-state index contributed by atoms with van der Waals surface area (Å²) in [5.74, 6) is 0.341. The van der Waals surface area contributed by atoms with E-state index in [9.17, 15) is 9.18 Å². The Hall–Kier alpha value is -1.71. The molecule has 0 saturated heterocycles. The van der Waals surface area contributed by atoms with Crippen molar-refractivity contribution in [2.24, 2.45) is 17.0 Å². The Morgan fingerprint density at radius 2 is 2.00 bits per heavy atom. The molecule has 1 aromatic rings. The maximum Gasteiger partial charge on any atom is 0.338 e. The van der Waals surface area contributed by atoms with E-state index in [1.54, 1.807) is 0 Å². The van der Waals surface area contributed by atoms with Crippen LogP contribution in [-0.2, 0) is 9.63 Å². The average molecular weight is 261 g/mol. The van der Waals surface area contributed by atoms with Gasteiger partial charge in [-0.25, -0.2) is 9.18 Å². The highest BCUT2D eigenvalue weighted by atomic mass is 19.1. The summed E-state index contributed by atoms with van der Waals surface area (Å²) >= 11 is 0. The number of hydrogen-bond acceptors (Lipinski definition) is 3. The molecule has 2 aliphatic rings. The molecule has 2 fully saturated rings. The van der Waals surface area contributed by atoms with Crippen LogP contribution in [-0.4, -0.2) is 11.7 Å². The van der Waals surface area contributed by atoms with E-state index in [1.807, 2.05) is 19.1 Å². The topological polar surface area (TPSA) is 38.7 Å². The lowest BCUT2D eigenvalue weighted by Gasteiger charge is -2.01. The van der Waals surface area contributed by atoms with Crippen LogP contribution in [0.5, 0.6) is 0 Å². The molecule has 0 aromatic heterocycles. The van der Waals surface area contributed by atoms with E-state index >= 15 is 0 Å². The van der Waals surface area contributed by atoms with Crippen LogP contribution in [0.1, 0.15) is 37.7 Å². The first-order chi connectivity index (χ1) is 9.15. The van der Waals surface area contributed by atoms with Gasteiger partial charge in [0.2, 0.25) is 0 Å². The largest absolute Gasteiger partial charge is 0.338 e. The normalized spacial score (nSPS) is 26.1. The molecule has 19 heavy (non-hydrogen) atoms. The maximum absolute atomic E-state index is 12.8. The van der Waals surface area contributed by atoms with E-state index in [1.165, 1.54) is 12.1 Å². The smallest absolute Gasteiger partial charge is 0.318 e. The molecule has 0 aliphatic heterocycles. The van der Waals surface area contributed by atoms with Crippen molar-refractivity contribution in [3.05, 3.63) is 35.6 Å². The van der Waals surface area contributed by atoms with Crippen molar-refractivity contribution in [1.82, 2.24) is 0 Å². The van der Waals surface area contributed by atoms with Gasteiger partial charge in [0.25, 0.3) is 0 Å². The third-order valence-electron chi connectivity index (χ3n) is 3.82. The second kappa shape index (κ2) is 4.76. The SMILES string of the molecule is CC(=NOC(=O)C1CC1)[C@H]1C[C@@H]1c1ccc(F)cc1. The first-order valence-corrected chi connectivity index (χ1v) is 6.66. The number of rotatable bonds is 4. The van der Waals surface area contributed by atoms with Crippen LogP contribution in [0.25, 0.3) is 0 Å². The van der Waals surface area contributed by atoms with Gasteiger partial charge in [0.05, 0.1) is 11.6 Å². The summed E-state index contributed by atoms with van der Waals surface area (Å²) in [5.41, 5.74) is 1.97. The first-order valence-electron chi connectivity index (χ1n) is 6.66. The van der Waals surface area contributed by atoms with E-state index in [0.717, 1.165) is 30.5 Å². The summed E-state index contributed by atoms with van der Waals surface area (Å²) in [6.07, 6.45) is 2.84. The third-order valence-corrected chi connectivity index (χ3v) is 3.82. The summed E-state index contributed by atoms with van der Waals surface area (Å²) in [6, 6.07) is 6.57. The average Bonchev–Trinajstić information content (AvgIpc) is 3.28. The van der Waals surface area contributed by atoms with Gasteiger partial charge in [0.15, 0.2) is 0 Å². The molecule has 4 heteroatoms. The fraction of sp³-hybridized carbons (Fsp3) is 0.467. The minimum atomic E-state index is -0.218. The van der Waals surface area contributed by atoms with Crippen molar-refractivity contribution in [1.29, 1.82) is 0 Å². The molecule has 100 valence electrons. The van der Waals surface area contributed by atoms with Gasteiger partial charge in [0.1, 0.15) is 5.82 Å². The summed E-state index contributed by atoms with van der Waals surface area (Å²) in [6.45, 7) is 1.88. The van der Waals surface area contributed by atoms with Crippen molar-refractivity contribution in [3.8, 4) is 0 Å². The third kappa shape index (κ3) is 2.83. The zero-order chi connectivity index (χ0) is 13.4. The van der Waals surface area contributed by atoms with Crippen LogP contribution in [0, 0.1) is 17.7 Å². The summed E-state index contributed by atoms with van der Waals surface area (Å²) in [5, 5.41) is 3.93. The van der Waals surface area contributed by atoms with Gasteiger partial charge < -0.3 is 4.84 Å². The van der Waals surface area contributed by atoms with Crippen molar-refractivity contribution >= 4 is 11.7 Å². The fourth-order valence-electron chi connectivity index (χ4n) is 2.31. The number of oxime groups is 1. The summed E-state index contributed by atoms with van der Waals surface area (Å²) in [4.78, 5) is 16.3. The molecule has 3 rings (SSSR count). The van der Waals surface area contributed by atoms with Crippen molar-refractivity contribution in [2.45, 2.75) is 32.1 Å². The number of nitrogens with zero attached hydrogens (tertiary/aromatic N) is 1. The molecule has 0 unspecified atom stereocenters. The number of carbonyl (C=O) groups excluding carboxylic acids is 1. The zero-order valence-corrected chi connectivity index (χ0v) is 10.8. The standard InChI is InChI=1S/C15H16FNO2/c1-9(17-19-15(18)11-2-3-11)13-8-14(13)10-4-6-12(16)7-5-10/h4-7,11,13-14H,2-3,8H2,1H3/t13-,14-/m1/s1. The highest BCUT2D eigenvalue weighted by Crippen LogP contribution is 2.48. The van der Waals surface area contributed by atoms with Crippen LogP contribution >= 0.6 is 0 Å². The highest BCUT2D eigenvalue weighted by molar-refractivity contribution is 5.88. The van der Waals surface area contributed by atoms with Crippen LogP contribution in [0.15, 0.2) is 29.4 Å². The second-order valence-electron chi connectivity index (χ2n) is 5.42. The Labute approximate surface area is 111 Å². The van der Waals surface area contributed by atoms with Gasteiger partial charge in [-0.2, -0.15) is 0 Å². The molecule has 0 radical (unpaired) electrons. The minimum absolute atomic E-state index is 0.0728. The number of hydrogen-bond donors (Lipinski definition) is 0. The quantitative estimate of drug-likeness (QED) is 0.474. The van der Waals surface area contributed by atoms with E-state index in [-0.39, 0.29) is 17.7 Å². The molecule has 0 N–H and O–H groups in total. The second-order valence-corrected chi connectivity index (χ2v) is 5.42. The number of benzene rings is 1. The Kier molecular flexibility index (Phi) is 3.09. The monoisotopic (exact) mass is 261 g/mol. The molecule has 2 atom stereocenters. The van der Waals surface area contributed by atoms with Gasteiger partial charge >= 0.3 is 5.97 Å². The van der Waals surface area contributed by atoms with Crippen molar-refractivity contribution in [2.75, 3.05) is 0 Å². The zero-order valence-electron chi connectivity index (χ0n) is 10.8. The first kappa shape index (κ1) is 12.3. The van der Waals surface area contributed by atoms with Gasteiger partial charge in [-0.15, -0.1) is 0 Å². The molecule has 0 amide bonds. The van der Waals surface area contributed by atoms with E-state index < -0.39 is 0 Å². The molecule has 2 aliphatic carbocycles. The Bertz CT molecular complexity index is 519. The van der Waals surface area contributed by atoms with Crippen LogP contribution in [0.3, 0.4) is 0 Å². The molecular weight excluding hydrogens is 245 g/mol. The lowest BCUT2D eigenvalue weighted by Crippen LogP contribution is -2.05. The van der Waals surface area contributed by atoms with E-state index in [0.29, 0.717) is 11.8 Å². The maximum atomic E-state index is 12.8. The predicted octanol–water partition coefficient (Wildman–Crippen LogP) is 3.26. The van der Waals surface area contributed by atoms with Crippen molar-refractivity contribution in [3.63, 3.8) is 0 Å². The van der Waals surface area contributed by atoms with Gasteiger partial charge in [0, 0.05) is 5.92 Å². The van der Waals surface area contributed by atoms with Crippen molar-refractivity contribution < 1.29 is 14.0 Å². The molecule has 2 saturated carbocycles. The number of carbonyl (C=O) groups is 1. The Morgan fingerprint density at radius 3 is 2.63 bits per heavy atom. The minimum Gasteiger partial charge on any atom is -0.318 e. The van der Waals surface area contributed by atoms with E-state index in [4.69, 9.17) is 4.84 Å². The summed E-state index contributed by atoms with van der Waals surface area (Å²) in [7, 11) is 0. The Balaban J connectivity index is 1.57. The molecule has 0 heterocycles. The number of halogens is 1. The van der Waals surface area contributed by atoms with Crippen LogP contribution in [0.2, 0.25) is 0 Å². The molecule has 3 nitrogen and oxygen atoms in total. The van der Waals surface area contributed by atoms with E-state index in [2.05, 4.69) is 5.16 Å². The lowest BCUT2D eigenvalue weighted by atomic mass is 10.1. The fourth-order valence-corrected chi connectivity index (χ4v) is 2.31. The molecule has 0 bridgehead atoms. The van der Waals surface area contributed by atoms with Crippen LogP contribution in [0.4, 0.5) is 4.39 Å². The molecular formula is C15H16FNO2. The lowest BCUT2D eigenvalue weighted by molar-refractivity contribution is -0.145. The van der Waals surface area contributed by atoms with Crippen LogP contribution < -0.4 is 0 Å². The molecule has 0 spiro atoms. The summed E-state index contributed by atoms with van der Waals surface area (Å²) < 4.78 is 12.8. The molecule has 1 aromatic carbocycles.